The van der Waals surface area contributed by atoms with Crippen molar-refractivity contribution in [2.24, 2.45) is 11.3 Å². The van der Waals surface area contributed by atoms with Gasteiger partial charge in [-0.1, -0.05) is 12.1 Å². The van der Waals surface area contributed by atoms with Crippen LogP contribution in [0.15, 0.2) is 35.1 Å². The molecule has 0 amide bonds. The van der Waals surface area contributed by atoms with Gasteiger partial charge in [0, 0.05) is 60.9 Å². The van der Waals surface area contributed by atoms with Crippen LogP contribution in [0, 0.1) is 11.3 Å². The number of benzene rings is 1. The number of nitrogens with zero attached hydrogens (tertiary/aromatic N) is 1. The second kappa shape index (κ2) is 6.28. The predicted octanol–water partition coefficient (Wildman–Crippen LogP) is 1.84. The molecule has 0 saturated carbocycles. The third kappa shape index (κ3) is 2.96. The van der Waals surface area contributed by atoms with Crippen LogP contribution in [-0.4, -0.2) is 47.3 Å². The molecular weight excluding hydrogens is 320 g/mol. The van der Waals surface area contributed by atoms with Crippen LogP contribution in [0.25, 0.3) is 10.9 Å². The molecule has 2 aliphatic rings. The number of carbonyl (C=O) groups is 1. The van der Waals surface area contributed by atoms with E-state index in [4.69, 9.17) is 4.74 Å². The lowest BCUT2D eigenvalue weighted by molar-refractivity contribution is -0.147. The summed E-state index contributed by atoms with van der Waals surface area (Å²) in [5.74, 6) is -1.10. The van der Waals surface area contributed by atoms with Gasteiger partial charge in [0.15, 0.2) is 5.43 Å². The van der Waals surface area contributed by atoms with Crippen molar-refractivity contribution in [2.45, 2.75) is 19.4 Å². The van der Waals surface area contributed by atoms with Gasteiger partial charge in [0.25, 0.3) is 0 Å². The van der Waals surface area contributed by atoms with Crippen molar-refractivity contribution in [1.29, 1.82) is 0 Å². The van der Waals surface area contributed by atoms with Gasteiger partial charge in [-0.25, -0.2) is 0 Å². The highest BCUT2D eigenvalue weighted by atomic mass is 16.5. The van der Waals surface area contributed by atoms with Crippen LogP contribution in [0.4, 0.5) is 0 Å². The van der Waals surface area contributed by atoms with Gasteiger partial charge in [-0.2, -0.15) is 0 Å². The number of ether oxygens (including phenoxy) is 1. The van der Waals surface area contributed by atoms with Gasteiger partial charge < -0.3 is 14.8 Å². The average Bonchev–Trinajstić information content (AvgIpc) is 2.93. The molecule has 0 bridgehead atoms. The number of nitrogens with one attached hydrogen (secondary N) is 1. The van der Waals surface area contributed by atoms with Crippen molar-refractivity contribution < 1.29 is 14.6 Å². The number of aromatic amines is 1. The topological polar surface area (TPSA) is 82.6 Å². The molecule has 2 fully saturated rings. The molecule has 2 saturated heterocycles. The zero-order valence-electron chi connectivity index (χ0n) is 14.0. The second-order valence-corrected chi connectivity index (χ2v) is 7.24. The van der Waals surface area contributed by atoms with Crippen LogP contribution in [0.3, 0.4) is 0 Å². The summed E-state index contributed by atoms with van der Waals surface area (Å²) in [6.45, 7) is 3.08. The molecule has 6 heteroatoms. The lowest BCUT2D eigenvalue weighted by Crippen LogP contribution is -2.40. The number of likely N-dealkylation sites (tertiary alicyclic amines) is 1. The zero-order valence-corrected chi connectivity index (χ0v) is 14.0. The molecule has 2 aliphatic heterocycles. The minimum absolute atomic E-state index is 0.000823. The van der Waals surface area contributed by atoms with Crippen LogP contribution < -0.4 is 5.43 Å². The van der Waals surface area contributed by atoms with Gasteiger partial charge >= 0.3 is 5.97 Å². The summed E-state index contributed by atoms with van der Waals surface area (Å²) in [4.78, 5) is 29.5. The summed E-state index contributed by atoms with van der Waals surface area (Å²) in [7, 11) is 0. The maximum absolute atomic E-state index is 12.3. The standard InChI is InChI=1S/C19H22N2O4/c22-17-9-13(20-16-4-2-1-3-14(16)17)10-21-11-15(18(23)24)19(12-21)5-7-25-8-6-19/h1-4,9,15H,5-8,10-12H2,(H,20,22)(H,23,24). The Balaban J connectivity index is 1.59. The van der Waals surface area contributed by atoms with Crippen molar-refractivity contribution >= 4 is 16.9 Å². The largest absolute Gasteiger partial charge is 0.481 e. The average molecular weight is 342 g/mol. The van der Waals surface area contributed by atoms with E-state index in [2.05, 4.69) is 9.88 Å². The van der Waals surface area contributed by atoms with E-state index in [-0.39, 0.29) is 16.8 Å². The SMILES string of the molecule is O=C(O)C1CN(Cc2cc(=O)c3ccccc3[nH]2)CC12CCOCC2. The molecule has 1 aromatic carbocycles. The minimum Gasteiger partial charge on any atom is -0.481 e. The molecule has 6 nitrogen and oxygen atoms in total. The van der Waals surface area contributed by atoms with Gasteiger partial charge in [0.2, 0.25) is 0 Å². The molecule has 25 heavy (non-hydrogen) atoms. The van der Waals surface area contributed by atoms with Crippen molar-refractivity contribution in [2.75, 3.05) is 26.3 Å². The summed E-state index contributed by atoms with van der Waals surface area (Å²) in [6.07, 6.45) is 1.57. The number of H-pyrrole nitrogens is 1. The lowest BCUT2D eigenvalue weighted by atomic mass is 9.72. The highest BCUT2D eigenvalue weighted by Gasteiger charge is 2.50. The Morgan fingerprint density at radius 3 is 2.84 bits per heavy atom. The molecule has 2 aromatic rings. The van der Waals surface area contributed by atoms with Gasteiger partial charge in [-0.3, -0.25) is 14.5 Å². The number of pyridine rings is 1. The molecule has 1 spiro atoms. The fourth-order valence-corrected chi connectivity index (χ4v) is 4.40. The number of para-hydroxylation sites is 1. The minimum atomic E-state index is -0.726. The van der Waals surface area contributed by atoms with Crippen LogP contribution in [-0.2, 0) is 16.1 Å². The number of aliphatic carboxylic acids is 1. The fourth-order valence-electron chi connectivity index (χ4n) is 4.40. The second-order valence-electron chi connectivity index (χ2n) is 7.24. The van der Waals surface area contributed by atoms with Crippen molar-refractivity contribution in [1.82, 2.24) is 9.88 Å². The number of carboxylic acids is 1. The maximum atomic E-state index is 12.3. The fraction of sp³-hybridized carbons (Fsp3) is 0.474. The Labute approximate surface area is 145 Å². The Hall–Kier alpha value is -2.18. The molecule has 0 aliphatic carbocycles. The third-order valence-corrected chi connectivity index (χ3v) is 5.69. The van der Waals surface area contributed by atoms with Crippen molar-refractivity contribution in [3.63, 3.8) is 0 Å². The summed E-state index contributed by atoms with van der Waals surface area (Å²) in [5.41, 5.74) is 1.44. The first kappa shape index (κ1) is 16.3. The molecule has 1 aromatic heterocycles. The Bertz CT molecular complexity index is 854. The smallest absolute Gasteiger partial charge is 0.308 e. The number of fused-ring (bicyclic) bond motifs is 1. The summed E-state index contributed by atoms with van der Waals surface area (Å²) in [5, 5.41) is 10.4. The Morgan fingerprint density at radius 1 is 1.32 bits per heavy atom. The first-order valence-electron chi connectivity index (χ1n) is 8.71. The van der Waals surface area contributed by atoms with Crippen LogP contribution in [0.1, 0.15) is 18.5 Å². The highest BCUT2D eigenvalue weighted by molar-refractivity contribution is 5.78. The summed E-state index contributed by atoms with van der Waals surface area (Å²) in [6, 6.07) is 9.09. The lowest BCUT2D eigenvalue weighted by Gasteiger charge is -2.36. The number of carboxylic acid groups (broad SMARTS) is 1. The van der Waals surface area contributed by atoms with E-state index in [1.807, 2.05) is 24.3 Å². The van der Waals surface area contributed by atoms with E-state index >= 15 is 0 Å². The van der Waals surface area contributed by atoms with E-state index in [0.717, 1.165) is 30.6 Å². The summed E-state index contributed by atoms with van der Waals surface area (Å²) < 4.78 is 5.44. The monoisotopic (exact) mass is 342 g/mol. The van der Waals surface area contributed by atoms with Crippen LogP contribution in [0.5, 0.6) is 0 Å². The summed E-state index contributed by atoms with van der Waals surface area (Å²) >= 11 is 0. The van der Waals surface area contributed by atoms with E-state index < -0.39 is 5.97 Å². The third-order valence-electron chi connectivity index (χ3n) is 5.69. The van der Waals surface area contributed by atoms with Crippen LogP contribution in [0.2, 0.25) is 0 Å². The van der Waals surface area contributed by atoms with Gasteiger partial charge in [0.05, 0.1) is 5.92 Å². The number of aromatic nitrogens is 1. The highest BCUT2D eigenvalue weighted by Crippen LogP contribution is 2.44. The maximum Gasteiger partial charge on any atom is 0.308 e. The quantitative estimate of drug-likeness (QED) is 0.889. The number of hydrogen-bond donors (Lipinski definition) is 2. The first-order chi connectivity index (χ1) is 12.1. The molecule has 132 valence electrons. The Kier molecular flexibility index (Phi) is 4.09. The number of rotatable bonds is 3. The molecule has 2 N–H and O–H groups in total. The number of hydrogen-bond acceptors (Lipinski definition) is 4. The van der Waals surface area contributed by atoms with E-state index in [1.165, 1.54) is 0 Å². The molecule has 1 atom stereocenters. The Morgan fingerprint density at radius 2 is 2.08 bits per heavy atom. The van der Waals surface area contributed by atoms with Gasteiger partial charge in [0.1, 0.15) is 0 Å². The molecule has 0 radical (unpaired) electrons. The van der Waals surface area contributed by atoms with Crippen molar-refractivity contribution in [3.05, 3.63) is 46.2 Å². The van der Waals surface area contributed by atoms with E-state index in [9.17, 15) is 14.7 Å². The molecule has 1 unspecified atom stereocenters. The van der Waals surface area contributed by atoms with Crippen LogP contribution >= 0.6 is 0 Å². The molecule has 3 heterocycles. The first-order valence-corrected chi connectivity index (χ1v) is 8.71. The zero-order chi connectivity index (χ0) is 17.4. The molecular formula is C19H22N2O4. The van der Waals surface area contributed by atoms with E-state index in [1.54, 1.807) is 6.07 Å². The normalized spacial score (nSPS) is 23.3. The van der Waals surface area contributed by atoms with Gasteiger partial charge in [-0.05, 0) is 25.0 Å². The predicted molar refractivity (Wildman–Crippen MR) is 93.5 cm³/mol. The van der Waals surface area contributed by atoms with Crippen molar-refractivity contribution in [3.8, 4) is 0 Å². The molecule has 4 rings (SSSR count). The van der Waals surface area contributed by atoms with E-state index in [0.29, 0.717) is 31.7 Å². The van der Waals surface area contributed by atoms with Gasteiger partial charge in [-0.15, -0.1) is 0 Å².